The largest absolute Gasteiger partial charge is 0.434 e. The normalized spacial score (nSPS) is 13.9. The first-order valence-electron chi connectivity index (χ1n) is 9.25. The molecule has 0 atom stereocenters. The summed E-state index contributed by atoms with van der Waals surface area (Å²) in [5.41, 5.74) is 0.872. The minimum atomic E-state index is -3.69. The molecule has 1 saturated carbocycles. The minimum absolute atomic E-state index is 0.00459. The number of thiazole rings is 1. The maximum absolute atomic E-state index is 12.6. The molecule has 11 heteroatoms. The van der Waals surface area contributed by atoms with Crippen LogP contribution in [0.5, 0.6) is 5.75 Å². The van der Waals surface area contributed by atoms with Crippen molar-refractivity contribution in [1.82, 2.24) is 9.71 Å². The SMILES string of the molecule is O=C(Nc1nc(-c2ccccc2OC(F)F)cs1)c1cccc(S(=O)(=O)NC2CC2)c1. The van der Waals surface area contributed by atoms with Gasteiger partial charge in [-0.2, -0.15) is 8.78 Å². The summed E-state index contributed by atoms with van der Waals surface area (Å²) in [6.45, 7) is -2.98. The molecule has 0 bridgehead atoms. The second-order valence-electron chi connectivity index (χ2n) is 6.79. The predicted octanol–water partition coefficient (Wildman–Crippen LogP) is 4.10. The molecule has 1 aliphatic rings. The number of sulfonamides is 1. The third-order valence-corrected chi connectivity index (χ3v) is 6.69. The zero-order valence-corrected chi connectivity index (χ0v) is 17.6. The number of hydrogen-bond acceptors (Lipinski definition) is 6. The fourth-order valence-corrected chi connectivity index (χ4v) is 4.85. The molecular weight excluding hydrogens is 448 g/mol. The first-order chi connectivity index (χ1) is 14.8. The fourth-order valence-electron chi connectivity index (χ4n) is 2.79. The van der Waals surface area contributed by atoms with Crippen molar-refractivity contribution in [1.29, 1.82) is 0 Å². The van der Waals surface area contributed by atoms with E-state index >= 15 is 0 Å². The average Bonchev–Trinajstić information content (AvgIpc) is 3.42. The Bertz CT molecular complexity index is 1210. The van der Waals surface area contributed by atoms with Crippen LogP contribution >= 0.6 is 11.3 Å². The number of aromatic nitrogens is 1. The molecule has 1 fully saturated rings. The zero-order chi connectivity index (χ0) is 22.0. The number of halogens is 2. The number of hydrogen-bond donors (Lipinski definition) is 2. The Morgan fingerprint density at radius 2 is 1.94 bits per heavy atom. The first-order valence-corrected chi connectivity index (χ1v) is 11.6. The molecule has 7 nitrogen and oxygen atoms in total. The quantitative estimate of drug-likeness (QED) is 0.522. The van der Waals surface area contributed by atoms with Crippen molar-refractivity contribution < 1.29 is 26.7 Å². The fraction of sp³-hybridized carbons (Fsp3) is 0.200. The zero-order valence-electron chi connectivity index (χ0n) is 15.9. The van der Waals surface area contributed by atoms with Gasteiger partial charge in [0.1, 0.15) is 5.75 Å². The van der Waals surface area contributed by atoms with Crippen LogP contribution in [0.3, 0.4) is 0 Å². The summed E-state index contributed by atoms with van der Waals surface area (Å²) < 4.78 is 57.1. The van der Waals surface area contributed by atoms with E-state index < -0.39 is 22.5 Å². The molecule has 0 saturated heterocycles. The van der Waals surface area contributed by atoms with Crippen LogP contribution in [0.25, 0.3) is 11.3 Å². The van der Waals surface area contributed by atoms with Gasteiger partial charge in [0.15, 0.2) is 5.13 Å². The van der Waals surface area contributed by atoms with Gasteiger partial charge in [-0.05, 0) is 43.2 Å². The van der Waals surface area contributed by atoms with Gasteiger partial charge in [0.2, 0.25) is 10.0 Å². The van der Waals surface area contributed by atoms with Gasteiger partial charge in [0.05, 0.1) is 10.6 Å². The number of benzene rings is 2. The maximum atomic E-state index is 12.6. The summed E-state index contributed by atoms with van der Waals surface area (Å²) in [4.78, 5) is 16.9. The number of ether oxygens (including phenoxy) is 1. The molecule has 1 amide bonds. The molecule has 4 rings (SSSR count). The van der Waals surface area contributed by atoms with Crippen molar-refractivity contribution in [2.75, 3.05) is 5.32 Å². The van der Waals surface area contributed by atoms with Gasteiger partial charge in [-0.25, -0.2) is 18.1 Å². The highest BCUT2D eigenvalue weighted by atomic mass is 32.2. The number of carbonyl (C=O) groups is 1. The van der Waals surface area contributed by atoms with Gasteiger partial charge in [0.25, 0.3) is 5.91 Å². The Kier molecular flexibility index (Phi) is 5.99. The summed E-state index contributed by atoms with van der Waals surface area (Å²) in [6, 6.07) is 11.9. The summed E-state index contributed by atoms with van der Waals surface area (Å²) in [6.07, 6.45) is 1.61. The third kappa shape index (κ3) is 5.24. The van der Waals surface area contributed by atoms with Gasteiger partial charge in [0, 0.05) is 22.5 Å². The van der Waals surface area contributed by atoms with E-state index in [1.807, 2.05) is 0 Å². The molecule has 162 valence electrons. The Labute approximate surface area is 181 Å². The lowest BCUT2D eigenvalue weighted by atomic mass is 10.1. The van der Waals surface area contributed by atoms with Crippen molar-refractivity contribution >= 4 is 32.4 Å². The van der Waals surface area contributed by atoms with Crippen molar-refractivity contribution in [3.05, 3.63) is 59.5 Å². The summed E-state index contributed by atoms with van der Waals surface area (Å²) in [5.74, 6) is -0.566. The Morgan fingerprint density at radius 3 is 2.68 bits per heavy atom. The number of carbonyl (C=O) groups excluding carboxylic acids is 1. The molecule has 1 heterocycles. The van der Waals surface area contributed by atoms with Crippen molar-refractivity contribution in [3.8, 4) is 17.0 Å². The van der Waals surface area contributed by atoms with Crippen LogP contribution in [-0.4, -0.2) is 32.0 Å². The molecular formula is C20H17F2N3O4S2. The van der Waals surface area contributed by atoms with E-state index in [0.29, 0.717) is 11.3 Å². The Balaban J connectivity index is 1.51. The minimum Gasteiger partial charge on any atom is -0.434 e. The molecule has 2 N–H and O–H groups in total. The van der Waals surface area contributed by atoms with Crippen LogP contribution < -0.4 is 14.8 Å². The van der Waals surface area contributed by atoms with E-state index in [4.69, 9.17) is 0 Å². The first kappa shape index (κ1) is 21.3. The second kappa shape index (κ2) is 8.69. The number of amides is 1. The Hall–Kier alpha value is -2.89. The lowest BCUT2D eigenvalue weighted by Gasteiger charge is -2.08. The topological polar surface area (TPSA) is 97.4 Å². The smallest absolute Gasteiger partial charge is 0.387 e. The van der Waals surface area contributed by atoms with E-state index in [-0.39, 0.29) is 27.4 Å². The molecule has 0 aliphatic heterocycles. The highest BCUT2D eigenvalue weighted by Gasteiger charge is 2.28. The van der Waals surface area contributed by atoms with E-state index in [1.54, 1.807) is 23.6 Å². The van der Waals surface area contributed by atoms with E-state index in [1.165, 1.54) is 30.3 Å². The van der Waals surface area contributed by atoms with Crippen molar-refractivity contribution in [3.63, 3.8) is 0 Å². The van der Waals surface area contributed by atoms with Crippen molar-refractivity contribution in [2.45, 2.75) is 30.4 Å². The number of para-hydroxylation sites is 1. The highest BCUT2D eigenvalue weighted by molar-refractivity contribution is 7.89. The number of nitrogens with zero attached hydrogens (tertiary/aromatic N) is 1. The average molecular weight is 466 g/mol. The number of rotatable bonds is 8. The molecule has 0 spiro atoms. The van der Waals surface area contributed by atoms with Gasteiger partial charge in [-0.3, -0.25) is 10.1 Å². The lowest BCUT2D eigenvalue weighted by molar-refractivity contribution is -0.0494. The molecule has 0 radical (unpaired) electrons. The number of alkyl halides is 2. The predicted molar refractivity (Wildman–Crippen MR) is 112 cm³/mol. The van der Waals surface area contributed by atoms with Gasteiger partial charge in [-0.15, -0.1) is 11.3 Å². The molecule has 3 aromatic rings. The van der Waals surface area contributed by atoms with Crippen LogP contribution in [0.4, 0.5) is 13.9 Å². The van der Waals surface area contributed by atoms with Gasteiger partial charge < -0.3 is 4.74 Å². The van der Waals surface area contributed by atoms with Gasteiger partial charge >= 0.3 is 6.61 Å². The van der Waals surface area contributed by atoms with Crippen LogP contribution in [0.1, 0.15) is 23.2 Å². The van der Waals surface area contributed by atoms with Gasteiger partial charge in [-0.1, -0.05) is 18.2 Å². The van der Waals surface area contributed by atoms with E-state index in [9.17, 15) is 22.0 Å². The molecule has 1 aromatic heterocycles. The maximum Gasteiger partial charge on any atom is 0.387 e. The molecule has 2 aromatic carbocycles. The lowest BCUT2D eigenvalue weighted by Crippen LogP contribution is -2.26. The van der Waals surface area contributed by atoms with Crippen molar-refractivity contribution in [2.24, 2.45) is 0 Å². The Morgan fingerprint density at radius 1 is 1.16 bits per heavy atom. The summed E-state index contributed by atoms with van der Waals surface area (Å²) in [5, 5.41) is 4.44. The van der Waals surface area contributed by atoms with E-state index in [2.05, 4.69) is 19.8 Å². The van der Waals surface area contributed by atoms with Crippen LogP contribution in [-0.2, 0) is 10.0 Å². The monoisotopic (exact) mass is 465 g/mol. The second-order valence-corrected chi connectivity index (χ2v) is 9.36. The highest BCUT2D eigenvalue weighted by Crippen LogP contribution is 2.33. The third-order valence-electron chi connectivity index (χ3n) is 4.41. The molecule has 0 unspecified atom stereocenters. The standard InChI is InChI=1S/C20H17F2N3O4S2/c21-19(22)29-17-7-2-1-6-15(17)16-11-30-20(23-16)24-18(26)12-4-3-5-14(10-12)31(27,28)25-13-8-9-13/h1-7,10-11,13,19,25H,8-9H2,(H,23,24,26). The summed E-state index contributed by atoms with van der Waals surface area (Å²) in [7, 11) is -3.69. The van der Waals surface area contributed by atoms with E-state index in [0.717, 1.165) is 24.2 Å². The van der Waals surface area contributed by atoms with Crippen LogP contribution in [0, 0.1) is 0 Å². The molecule has 31 heavy (non-hydrogen) atoms. The summed E-state index contributed by atoms with van der Waals surface area (Å²) >= 11 is 1.10. The van der Waals surface area contributed by atoms with Crippen LogP contribution in [0.2, 0.25) is 0 Å². The number of anilines is 1. The molecule has 1 aliphatic carbocycles. The van der Waals surface area contributed by atoms with Crippen LogP contribution in [0.15, 0.2) is 58.8 Å². The number of nitrogens with one attached hydrogen (secondary N) is 2.